The number of ether oxygens (including phenoxy) is 1. The number of quaternary nitrogens is 1. The Hall–Kier alpha value is -1.83. The van der Waals surface area contributed by atoms with E-state index in [4.69, 9.17) is 4.74 Å². The van der Waals surface area contributed by atoms with Crippen molar-refractivity contribution in [2.24, 2.45) is 5.92 Å². The van der Waals surface area contributed by atoms with Crippen LogP contribution in [0.15, 0.2) is 6.07 Å². The van der Waals surface area contributed by atoms with Crippen LogP contribution in [0.5, 0.6) is 17.2 Å². The third kappa shape index (κ3) is 1.92. The molecule has 0 amide bonds. The van der Waals surface area contributed by atoms with E-state index in [-0.39, 0.29) is 48.8 Å². The van der Waals surface area contributed by atoms with Crippen LogP contribution in [-0.2, 0) is 16.6 Å². The van der Waals surface area contributed by atoms with Crippen LogP contribution in [0.3, 0.4) is 0 Å². The molecule has 29 heavy (non-hydrogen) atoms. The first-order valence-electron chi connectivity index (χ1n) is 10.3. The second-order valence-corrected chi connectivity index (χ2v) is 9.76. The first kappa shape index (κ1) is 19.2. The summed E-state index contributed by atoms with van der Waals surface area (Å²) in [6, 6.07) is 1.25. The summed E-state index contributed by atoms with van der Waals surface area (Å²) in [5, 5.41) is 44.0. The molecule has 0 aromatic heterocycles. The second kappa shape index (κ2) is 5.45. The van der Waals surface area contributed by atoms with Crippen LogP contribution in [-0.4, -0.2) is 68.3 Å². The zero-order valence-electron chi connectivity index (χ0n) is 16.9. The van der Waals surface area contributed by atoms with Crippen molar-refractivity contribution in [3.05, 3.63) is 24.6 Å². The van der Waals surface area contributed by atoms with Gasteiger partial charge in [0.25, 0.3) is 0 Å². The lowest BCUT2D eigenvalue weighted by atomic mass is 9.48. The highest BCUT2D eigenvalue weighted by Gasteiger charge is 2.77. The quantitative estimate of drug-likeness (QED) is 0.335. The molecule has 3 aliphatic carbocycles. The number of aromatic hydroxyl groups is 2. The van der Waals surface area contributed by atoms with Crippen LogP contribution >= 0.6 is 0 Å². The molecule has 1 spiro atoms. The third-order valence-electron chi connectivity index (χ3n) is 8.58. The van der Waals surface area contributed by atoms with Crippen molar-refractivity contribution in [2.45, 2.75) is 67.9 Å². The number of nitrogens with zero attached hydrogens (tertiary/aromatic N) is 1. The smallest absolute Gasteiger partial charge is 0.200 e. The number of rotatable bonds is 2. The zero-order valence-corrected chi connectivity index (χ0v) is 16.9. The fraction of sp³-hybridized carbons (Fsp3) is 0.636. The average Bonchev–Trinajstić information content (AvgIpc) is 3.43. The van der Waals surface area contributed by atoms with Gasteiger partial charge < -0.3 is 32.6 Å². The molecule has 2 aliphatic heterocycles. The van der Waals surface area contributed by atoms with Crippen molar-refractivity contribution >= 4 is 5.78 Å². The average molecular weight is 403 g/mol. The van der Waals surface area contributed by atoms with Gasteiger partial charge in [-0.3, -0.25) is 9.28 Å². The van der Waals surface area contributed by atoms with Crippen LogP contribution in [0.25, 0.3) is 0 Å². The number of phenols is 2. The first-order chi connectivity index (χ1) is 13.2. The highest BCUT2D eigenvalue weighted by Crippen LogP contribution is 2.67. The third-order valence-corrected chi connectivity index (χ3v) is 8.58. The number of aliphatic hydroxyl groups excluding tert-OH is 1. The molecule has 2 bridgehead atoms. The van der Waals surface area contributed by atoms with Crippen LogP contribution in [0.1, 0.15) is 43.2 Å². The summed E-state index contributed by atoms with van der Waals surface area (Å²) in [6.45, 7) is 0.637. The van der Waals surface area contributed by atoms with Gasteiger partial charge in [-0.25, -0.2) is 0 Å². The molecular weight excluding hydrogens is 374 g/mol. The van der Waals surface area contributed by atoms with Crippen molar-refractivity contribution in [1.29, 1.82) is 0 Å². The normalized spacial score (nSPS) is 42.5. The number of piperidine rings is 1. The number of carbonyl (C=O) groups is 1. The Kier molecular flexibility index (Phi) is 3.60. The Balaban J connectivity index is 0.00000181. The molecule has 0 radical (unpaired) electrons. The molecule has 6 rings (SSSR count). The SMILES string of the molecule is C[N@+]1(C(O)C2CC2)CC[C@]23c4c5cc(O)c(O)c4O[C@H]2C(=O)CC[C@@]3(O)[C@H]1C5.[CH3-]. The van der Waals surface area contributed by atoms with Crippen LogP contribution in [0.2, 0.25) is 0 Å². The molecule has 6 atom stereocenters. The largest absolute Gasteiger partial charge is 0.504 e. The van der Waals surface area contributed by atoms with E-state index in [9.17, 15) is 25.2 Å². The summed E-state index contributed by atoms with van der Waals surface area (Å²) >= 11 is 0. The van der Waals surface area contributed by atoms with E-state index in [2.05, 4.69) is 0 Å². The van der Waals surface area contributed by atoms with Gasteiger partial charge in [0.05, 0.1) is 19.0 Å². The van der Waals surface area contributed by atoms with E-state index in [1.165, 1.54) is 0 Å². The molecule has 158 valence electrons. The van der Waals surface area contributed by atoms with Crippen molar-refractivity contribution in [3.8, 4) is 17.2 Å². The molecular formula is C22H29NO6. The molecule has 2 heterocycles. The number of carbonyl (C=O) groups excluding carboxylic acids is 1. The Labute approximate surface area is 170 Å². The number of ketones is 1. The van der Waals surface area contributed by atoms with Crippen LogP contribution in [0, 0.1) is 13.3 Å². The monoisotopic (exact) mass is 403 g/mol. The summed E-state index contributed by atoms with van der Waals surface area (Å²) in [5.74, 6) is -0.265. The maximum absolute atomic E-state index is 12.8. The molecule has 1 unspecified atom stereocenters. The van der Waals surface area contributed by atoms with Gasteiger partial charge >= 0.3 is 0 Å². The number of hydrogen-bond donors (Lipinski definition) is 4. The van der Waals surface area contributed by atoms with Crippen molar-refractivity contribution in [3.63, 3.8) is 0 Å². The van der Waals surface area contributed by atoms with Crippen LogP contribution in [0.4, 0.5) is 0 Å². The van der Waals surface area contributed by atoms with Gasteiger partial charge in [-0.1, -0.05) is 0 Å². The molecule has 5 aliphatic rings. The van der Waals surface area contributed by atoms with Crippen molar-refractivity contribution < 1.29 is 34.4 Å². The highest BCUT2D eigenvalue weighted by molar-refractivity contribution is 5.90. The predicted octanol–water partition coefficient (Wildman–Crippen LogP) is 1.14. The number of aliphatic hydroxyl groups is 2. The van der Waals surface area contributed by atoms with E-state index in [1.54, 1.807) is 6.07 Å². The molecule has 1 saturated heterocycles. The summed E-state index contributed by atoms with van der Waals surface area (Å²) < 4.78 is 6.33. The molecule has 7 heteroatoms. The maximum atomic E-state index is 12.8. The molecule has 1 aromatic carbocycles. The molecule has 3 fully saturated rings. The van der Waals surface area contributed by atoms with Gasteiger partial charge in [-0.2, -0.15) is 0 Å². The van der Waals surface area contributed by atoms with E-state index in [0.717, 1.165) is 18.4 Å². The zero-order chi connectivity index (χ0) is 19.6. The van der Waals surface area contributed by atoms with E-state index < -0.39 is 23.3 Å². The Morgan fingerprint density at radius 1 is 1.28 bits per heavy atom. The molecule has 2 saturated carbocycles. The minimum absolute atomic E-state index is 0. The number of likely N-dealkylation sites (tertiary alicyclic amines) is 1. The molecule has 1 aromatic rings. The Morgan fingerprint density at radius 2 is 2.00 bits per heavy atom. The van der Waals surface area contributed by atoms with Gasteiger partial charge in [0, 0.05) is 30.7 Å². The van der Waals surface area contributed by atoms with Crippen molar-refractivity contribution in [1.82, 2.24) is 0 Å². The van der Waals surface area contributed by atoms with Gasteiger partial charge in [-0.05, 0) is 30.9 Å². The van der Waals surface area contributed by atoms with Gasteiger partial charge in [0.2, 0.25) is 5.75 Å². The summed E-state index contributed by atoms with van der Waals surface area (Å²) in [5.41, 5.74) is -0.603. The summed E-state index contributed by atoms with van der Waals surface area (Å²) in [6.07, 6.45) is 2.14. The summed E-state index contributed by atoms with van der Waals surface area (Å²) in [4.78, 5) is 12.8. The fourth-order valence-electron chi connectivity index (χ4n) is 7.03. The minimum Gasteiger partial charge on any atom is -0.504 e. The lowest BCUT2D eigenvalue weighted by molar-refractivity contribution is -0.991. The van der Waals surface area contributed by atoms with E-state index in [1.807, 2.05) is 7.05 Å². The topological polar surface area (TPSA) is 107 Å². The van der Waals surface area contributed by atoms with Crippen molar-refractivity contribution in [2.75, 3.05) is 13.6 Å². The van der Waals surface area contributed by atoms with Crippen LogP contribution < -0.4 is 4.74 Å². The lowest BCUT2D eigenvalue weighted by Gasteiger charge is -2.65. The number of hydrogen-bond acceptors (Lipinski definition) is 6. The van der Waals surface area contributed by atoms with E-state index >= 15 is 0 Å². The molecule has 4 N–H and O–H groups in total. The Morgan fingerprint density at radius 3 is 2.69 bits per heavy atom. The first-order valence-corrected chi connectivity index (χ1v) is 10.3. The minimum atomic E-state index is -1.20. The highest BCUT2D eigenvalue weighted by atomic mass is 16.5. The standard InChI is InChI=1S/C21H25NO6.CH3/c1-22(19(26)10-2-3-10)7-6-20-15-11-8-13(24)16(25)17(15)28-18(20)12(23)4-5-21(20,27)14(22)9-11;/h8,10,14,18-19,26-27H,2-7,9H2,1H3,(H-,24,25);1H3/q;-1/p+1/t14-,18+,19?,20+,21-,22+;/m1./s1. The fourth-order valence-corrected chi connectivity index (χ4v) is 7.03. The van der Waals surface area contributed by atoms with E-state index in [0.29, 0.717) is 35.9 Å². The summed E-state index contributed by atoms with van der Waals surface area (Å²) in [7, 11) is 2.02. The predicted molar refractivity (Wildman–Crippen MR) is 103 cm³/mol. The second-order valence-electron chi connectivity index (χ2n) is 9.76. The number of benzene rings is 1. The lowest BCUT2D eigenvalue weighted by Crippen LogP contribution is -2.82. The maximum Gasteiger partial charge on any atom is 0.200 e. The number of phenolic OH excluding ortho intramolecular Hbond substituents is 2. The molecule has 7 nitrogen and oxygen atoms in total. The van der Waals surface area contributed by atoms with Gasteiger partial charge in [0.1, 0.15) is 11.6 Å². The van der Waals surface area contributed by atoms with Gasteiger partial charge in [-0.15, -0.1) is 0 Å². The Bertz CT molecular complexity index is 928. The number of Topliss-reactive ketones (excluding diaryl/α,β-unsaturated/α-hetero) is 1. The number of likely N-dealkylation sites (N-methyl/N-ethyl adjacent to an activating group) is 1. The van der Waals surface area contributed by atoms with Gasteiger partial charge in [0.15, 0.2) is 29.6 Å².